The quantitative estimate of drug-likeness (QED) is 0.886. The van der Waals surface area contributed by atoms with E-state index >= 15 is 0 Å². The molecule has 1 N–H and O–H groups in total. The molecule has 0 saturated carbocycles. The first-order chi connectivity index (χ1) is 9.17. The topological polar surface area (TPSA) is 43.4 Å². The molecule has 0 spiro atoms. The molecule has 4 heteroatoms. The predicted octanol–water partition coefficient (Wildman–Crippen LogP) is 3.24. The van der Waals surface area contributed by atoms with Gasteiger partial charge in [0, 0.05) is 25.5 Å². The van der Waals surface area contributed by atoms with Crippen molar-refractivity contribution < 1.29 is 9.47 Å². The van der Waals surface area contributed by atoms with Crippen LogP contribution in [0.25, 0.3) is 0 Å². The van der Waals surface area contributed by atoms with Crippen LogP contribution in [0.2, 0.25) is 0 Å². The molecular weight excluding hydrogens is 240 g/mol. The molecule has 0 radical (unpaired) electrons. The molecule has 1 saturated heterocycles. The molecular formula is C15H24N2O2. The van der Waals surface area contributed by atoms with Crippen LogP contribution in [-0.4, -0.2) is 29.8 Å². The fourth-order valence-electron chi connectivity index (χ4n) is 2.44. The summed E-state index contributed by atoms with van der Waals surface area (Å²) in [6.07, 6.45) is 3.66. The number of rotatable bonds is 5. The third-order valence-electron chi connectivity index (χ3n) is 3.22. The van der Waals surface area contributed by atoms with E-state index in [0.717, 1.165) is 31.6 Å². The van der Waals surface area contributed by atoms with Crippen molar-refractivity contribution in [1.29, 1.82) is 0 Å². The summed E-state index contributed by atoms with van der Waals surface area (Å²) in [5.74, 6) is 1.58. The van der Waals surface area contributed by atoms with Crippen molar-refractivity contribution in [3.8, 4) is 5.88 Å². The minimum atomic E-state index is 0.202. The highest BCUT2D eigenvalue weighted by Crippen LogP contribution is 2.23. The number of anilines is 1. The molecule has 19 heavy (non-hydrogen) atoms. The highest BCUT2D eigenvalue weighted by atomic mass is 16.5. The molecule has 0 bridgehead atoms. The number of ether oxygens (including phenoxy) is 2. The molecule has 106 valence electrons. The third kappa shape index (κ3) is 4.39. The SMILES string of the molecule is CCCNc1cccc(OC2CC(C)OC(C)C2)n1. The molecule has 1 aromatic heterocycles. The van der Waals surface area contributed by atoms with Gasteiger partial charge in [-0.15, -0.1) is 0 Å². The second-order valence-electron chi connectivity index (χ2n) is 5.26. The Morgan fingerprint density at radius 1 is 1.32 bits per heavy atom. The summed E-state index contributed by atoms with van der Waals surface area (Å²) in [7, 11) is 0. The van der Waals surface area contributed by atoms with Crippen molar-refractivity contribution in [2.24, 2.45) is 0 Å². The summed E-state index contributed by atoms with van der Waals surface area (Å²) in [5.41, 5.74) is 0. The van der Waals surface area contributed by atoms with E-state index in [2.05, 4.69) is 31.1 Å². The average Bonchev–Trinajstić information content (AvgIpc) is 2.35. The fraction of sp³-hybridized carbons (Fsp3) is 0.667. The van der Waals surface area contributed by atoms with Crippen LogP contribution < -0.4 is 10.1 Å². The predicted molar refractivity (Wildman–Crippen MR) is 76.7 cm³/mol. The van der Waals surface area contributed by atoms with Crippen molar-refractivity contribution in [3.63, 3.8) is 0 Å². The molecule has 2 rings (SSSR count). The van der Waals surface area contributed by atoms with E-state index in [0.29, 0.717) is 5.88 Å². The molecule has 0 amide bonds. The first-order valence-corrected chi connectivity index (χ1v) is 7.20. The Hall–Kier alpha value is -1.29. The fourth-order valence-corrected chi connectivity index (χ4v) is 2.44. The van der Waals surface area contributed by atoms with Crippen LogP contribution in [-0.2, 0) is 4.74 Å². The van der Waals surface area contributed by atoms with E-state index in [1.165, 1.54) is 0 Å². The monoisotopic (exact) mass is 264 g/mol. The molecule has 0 aliphatic carbocycles. The third-order valence-corrected chi connectivity index (χ3v) is 3.22. The van der Waals surface area contributed by atoms with Crippen LogP contribution in [0.4, 0.5) is 5.82 Å². The second-order valence-corrected chi connectivity index (χ2v) is 5.26. The van der Waals surface area contributed by atoms with Gasteiger partial charge in [0.25, 0.3) is 0 Å². The maximum absolute atomic E-state index is 5.99. The van der Waals surface area contributed by atoms with E-state index in [-0.39, 0.29) is 18.3 Å². The maximum atomic E-state index is 5.99. The first-order valence-electron chi connectivity index (χ1n) is 7.20. The number of pyridine rings is 1. The van der Waals surface area contributed by atoms with Crippen LogP contribution in [0.1, 0.15) is 40.0 Å². The molecule has 2 heterocycles. The van der Waals surface area contributed by atoms with Gasteiger partial charge in [-0.1, -0.05) is 13.0 Å². The number of nitrogens with one attached hydrogen (secondary N) is 1. The summed E-state index contributed by atoms with van der Waals surface area (Å²) >= 11 is 0. The summed E-state index contributed by atoms with van der Waals surface area (Å²) in [5, 5.41) is 3.27. The lowest BCUT2D eigenvalue weighted by atomic mass is 10.0. The largest absolute Gasteiger partial charge is 0.474 e. The van der Waals surface area contributed by atoms with Gasteiger partial charge in [0.1, 0.15) is 11.9 Å². The summed E-state index contributed by atoms with van der Waals surface area (Å²) in [6.45, 7) is 7.26. The lowest BCUT2D eigenvalue weighted by molar-refractivity contribution is -0.0729. The average molecular weight is 264 g/mol. The zero-order valence-corrected chi connectivity index (χ0v) is 12.1. The molecule has 1 aromatic rings. The summed E-state index contributed by atoms with van der Waals surface area (Å²) in [4.78, 5) is 4.48. The minimum absolute atomic E-state index is 0.202. The lowest BCUT2D eigenvalue weighted by Gasteiger charge is -2.31. The van der Waals surface area contributed by atoms with Gasteiger partial charge in [0.05, 0.1) is 12.2 Å². The van der Waals surface area contributed by atoms with Gasteiger partial charge in [-0.2, -0.15) is 4.98 Å². The Kier molecular flexibility index (Phi) is 5.02. The smallest absolute Gasteiger partial charge is 0.215 e. The van der Waals surface area contributed by atoms with Crippen LogP contribution in [0.3, 0.4) is 0 Å². The van der Waals surface area contributed by atoms with E-state index in [1.54, 1.807) is 0 Å². The highest BCUT2D eigenvalue weighted by Gasteiger charge is 2.26. The summed E-state index contributed by atoms with van der Waals surface area (Å²) < 4.78 is 11.7. The second kappa shape index (κ2) is 6.75. The van der Waals surface area contributed by atoms with Gasteiger partial charge in [0.15, 0.2) is 0 Å². The zero-order valence-electron chi connectivity index (χ0n) is 12.1. The molecule has 4 nitrogen and oxygen atoms in total. The van der Waals surface area contributed by atoms with Crippen LogP contribution in [0, 0.1) is 0 Å². The standard InChI is InChI=1S/C15H24N2O2/c1-4-8-16-14-6-5-7-15(17-14)19-13-9-11(2)18-12(3)10-13/h5-7,11-13H,4,8-10H2,1-3H3,(H,16,17). The lowest BCUT2D eigenvalue weighted by Crippen LogP contribution is -2.35. The number of hydrogen-bond donors (Lipinski definition) is 1. The molecule has 2 unspecified atom stereocenters. The Bertz CT molecular complexity index is 387. The van der Waals surface area contributed by atoms with Gasteiger partial charge in [-0.3, -0.25) is 0 Å². The Labute approximate surface area is 115 Å². The molecule has 1 aliphatic heterocycles. The molecule has 0 aromatic carbocycles. The summed E-state index contributed by atoms with van der Waals surface area (Å²) in [6, 6.07) is 5.87. The number of hydrogen-bond acceptors (Lipinski definition) is 4. The number of aromatic nitrogens is 1. The van der Waals surface area contributed by atoms with Crippen molar-refractivity contribution in [3.05, 3.63) is 18.2 Å². The van der Waals surface area contributed by atoms with E-state index < -0.39 is 0 Å². The van der Waals surface area contributed by atoms with Crippen molar-refractivity contribution in [2.75, 3.05) is 11.9 Å². The zero-order chi connectivity index (χ0) is 13.7. The Balaban J connectivity index is 1.94. The normalized spacial score (nSPS) is 27.0. The van der Waals surface area contributed by atoms with E-state index in [1.807, 2.05) is 18.2 Å². The van der Waals surface area contributed by atoms with Gasteiger partial charge in [0.2, 0.25) is 5.88 Å². The van der Waals surface area contributed by atoms with Crippen molar-refractivity contribution in [2.45, 2.75) is 58.3 Å². The van der Waals surface area contributed by atoms with Gasteiger partial charge >= 0.3 is 0 Å². The molecule has 1 fully saturated rings. The van der Waals surface area contributed by atoms with E-state index in [9.17, 15) is 0 Å². The van der Waals surface area contributed by atoms with E-state index in [4.69, 9.17) is 9.47 Å². The minimum Gasteiger partial charge on any atom is -0.474 e. The first kappa shape index (κ1) is 14.1. The Morgan fingerprint density at radius 3 is 2.74 bits per heavy atom. The maximum Gasteiger partial charge on any atom is 0.215 e. The van der Waals surface area contributed by atoms with Crippen LogP contribution in [0.15, 0.2) is 18.2 Å². The highest BCUT2D eigenvalue weighted by molar-refractivity contribution is 5.36. The molecule has 2 atom stereocenters. The number of nitrogens with zero attached hydrogens (tertiary/aromatic N) is 1. The van der Waals surface area contributed by atoms with Gasteiger partial charge < -0.3 is 14.8 Å². The Morgan fingerprint density at radius 2 is 2.05 bits per heavy atom. The van der Waals surface area contributed by atoms with Crippen molar-refractivity contribution in [1.82, 2.24) is 4.98 Å². The van der Waals surface area contributed by atoms with Crippen LogP contribution >= 0.6 is 0 Å². The van der Waals surface area contributed by atoms with Crippen molar-refractivity contribution >= 4 is 5.82 Å². The van der Waals surface area contributed by atoms with Gasteiger partial charge in [-0.25, -0.2) is 0 Å². The molecule has 1 aliphatic rings. The van der Waals surface area contributed by atoms with Crippen LogP contribution in [0.5, 0.6) is 5.88 Å². The van der Waals surface area contributed by atoms with Gasteiger partial charge in [-0.05, 0) is 26.3 Å².